The first kappa shape index (κ1) is 9.17. The molecule has 1 nitrogen and oxygen atoms in total. The van der Waals surface area contributed by atoms with E-state index in [4.69, 9.17) is 0 Å². The molecule has 0 amide bonds. The summed E-state index contributed by atoms with van der Waals surface area (Å²) in [5.74, 6) is 0.765. The Balaban J connectivity index is 2.11. The SMILES string of the molecule is O=C1CC[C@H]2c3ccccc3-c3cccc1c32. The van der Waals surface area contributed by atoms with Gasteiger partial charge >= 0.3 is 0 Å². The molecule has 82 valence electrons. The molecular formula is C16H12O. The molecule has 0 N–H and O–H groups in total. The molecule has 0 unspecified atom stereocenters. The highest BCUT2D eigenvalue weighted by atomic mass is 16.1. The van der Waals surface area contributed by atoms with Crippen LogP contribution in [0, 0.1) is 0 Å². The smallest absolute Gasteiger partial charge is 0.163 e. The van der Waals surface area contributed by atoms with Gasteiger partial charge in [-0.25, -0.2) is 0 Å². The largest absolute Gasteiger partial charge is 0.294 e. The van der Waals surface area contributed by atoms with Crippen LogP contribution in [0.15, 0.2) is 42.5 Å². The van der Waals surface area contributed by atoms with Crippen LogP contribution in [-0.4, -0.2) is 5.78 Å². The summed E-state index contributed by atoms with van der Waals surface area (Å²) in [6.45, 7) is 0. The third kappa shape index (κ3) is 1.06. The Kier molecular flexibility index (Phi) is 1.66. The van der Waals surface area contributed by atoms with Gasteiger partial charge in [0.1, 0.15) is 0 Å². The summed E-state index contributed by atoms with van der Waals surface area (Å²) in [6.07, 6.45) is 1.66. The Hall–Kier alpha value is -1.89. The minimum atomic E-state index is 0.311. The van der Waals surface area contributed by atoms with E-state index in [9.17, 15) is 4.79 Å². The average molecular weight is 220 g/mol. The maximum Gasteiger partial charge on any atom is 0.163 e. The van der Waals surface area contributed by atoms with Crippen molar-refractivity contribution in [2.45, 2.75) is 18.8 Å². The Bertz CT molecular complexity index is 640. The third-order valence-electron chi connectivity index (χ3n) is 4.04. The van der Waals surface area contributed by atoms with Gasteiger partial charge in [-0.2, -0.15) is 0 Å². The number of hydrogen-bond acceptors (Lipinski definition) is 1. The first-order valence-corrected chi connectivity index (χ1v) is 6.11. The number of hydrogen-bond donors (Lipinski definition) is 0. The zero-order chi connectivity index (χ0) is 11.4. The van der Waals surface area contributed by atoms with Crippen LogP contribution in [0.1, 0.15) is 40.2 Å². The molecule has 0 spiro atoms. The fraction of sp³-hybridized carbons (Fsp3) is 0.188. The van der Waals surface area contributed by atoms with E-state index in [1.807, 2.05) is 12.1 Å². The number of benzene rings is 2. The van der Waals surface area contributed by atoms with E-state index < -0.39 is 0 Å². The van der Waals surface area contributed by atoms with Crippen molar-refractivity contribution >= 4 is 5.78 Å². The summed E-state index contributed by atoms with van der Waals surface area (Å²) in [5.41, 5.74) is 6.24. The normalized spacial score (nSPS) is 20.0. The zero-order valence-electron chi connectivity index (χ0n) is 9.44. The van der Waals surface area contributed by atoms with Crippen molar-refractivity contribution in [2.24, 2.45) is 0 Å². The molecule has 0 fully saturated rings. The number of ketones is 1. The molecule has 1 atom stereocenters. The number of Topliss-reactive ketones (excluding diaryl/α,β-unsaturated/α-hetero) is 1. The second-order valence-electron chi connectivity index (χ2n) is 4.87. The predicted octanol–water partition coefficient (Wildman–Crippen LogP) is 3.78. The predicted molar refractivity (Wildman–Crippen MR) is 67.3 cm³/mol. The van der Waals surface area contributed by atoms with Crippen LogP contribution >= 0.6 is 0 Å². The van der Waals surface area contributed by atoms with E-state index in [0.717, 1.165) is 12.0 Å². The molecule has 2 aliphatic carbocycles. The topological polar surface area (TPSA) is 17.1 Å². The lowest BCUT2D eigenvalue weighted by atomic mass is 9.81. The van der Waals surface area contributed by atoms with Crippen LogP contribution in [0.4, 0.5) is 0 Å². The summed E-state index contributed by atoms with van der Waals surface area (Å²) in [7, 11) is 0. The fourth-order valence-corrected chi connectivity index (χ4v) is 3.33. The van der Waals surface area contributed by atoms with Crippen molar-refractivity contribution in [2.75, 3.05) is 0 Å². The fourth-order valence-electron chi connectivity index (χ4n) is 3.33. The van der Waals surface area contributed by atoms with Crippen molar-refractivity contribution in [1.82, 2.24) is 0 Å². The molecule has 2 aliphatic rings. The maximum atomic E-state index is 12.0. The van der Waals surface area contributed by atoms with Crippen molar-refractivity contribution in [3.63, 3.8) is 0 Å². The number of carbonyl (C=O) groups excluding carboxylic acids is 1. The Morgan fingerprint density at radius 3 is 2.59 bits per heavy atom. The summed E-state index contributed by atoms with van der Waals surface area (Å²) >= 11 is 0. The van der Waals surface area contributed by atoms with Gasteiger partial charge in [-0.15, -0.1) is 0 Å². The van der Waals surface area contributed by atoms with Gasteiger partial charge < -0.3 is 0 Å². The van der Waals surface area contributed by atoms with E-state index in [1.54, 1.807) is 0 Å². The minimum absolute atomic E-state index is 0.311. The van der Waals surface area contributed by atoms with E-state index in [-0.39, 0.29) is 0 Å². The van der Waals surface area contributed by atoms with Gasteiger partial charge in [0.15, 0.2) is 5.78 Å². The number of fused-ring (bicyclic) bond motifs is 3. The van der Waals surface area contributed by atoms with Crippen LogP contribution in [-0.2, 0) is 0 Å². The molecule has 2 aromatic carbocycles. The summed E-state index contributed by atoms with van der Waals surface area (Å²) in [6, 6.07) is 14.7. The van der Waals surface area contributed by atoms with Crippen molar-refractivity contribution in [3.8, 4) is 11.1 Å². The quantitative estimate of drug-likeness (QED) is 0.660. The lowest BCUT2D eigenvalue weighted by Gasteiger charge is -2.21. The van der Waals surface area contributed by atoms with Crippen molar-refractivity contribution in [1.29, 1.82) is 0 Å². The molecule has 2 aromatic rings. The first-order chi connectivity index (χ1) is 8.36. The number of carbonyl (C=O) groups is 1. The highest BCUT2D eigenvalue weighted by molar-refractivity contribution is 6.02. The first-order valence-electron chi connectivity index (χ1n) is 6.11. The summed E-state index contributed by atoms with van der Waals surface area (Å²) in [4.78, 5) is 12.0. The van der Waals surface area contributed by atoms with E-state index in [1.165, 1.54) is 22.3 Å². The van der Waals surface area contributed by atoms with Crippen molar-refractivity contribution in [3.05, 3.63) is 59.2 Å². The average Bonchev–Trinajstić information content (AvgIpc) is 2.70. The zero-order valence-corrected chi connectivity index (χ0v) is 9.44. The highest BCUT2D eigenvalue weighted by Crippen LogP contribution is 2.50. The molecular weight excluding hydrogens is 208 g/mol. The van der Waals surface area contributed by atoms with Gasteiger partial charge in [-0.3, -0.25) is 4.79 Å². The highest BCUT2D eigenvalue weighted by Gasteiger charge is 2.35. The van der Waals surface area contributed by atoms with Gasteiger partial charge in [0.2, 0.25) is 0 Å². The van der Waals surface area contributed by atoms with Crippen LogP contribution in [0.3, 0.4) is 0 Å². The Labute approximate surface area is 100 Å². The van der Waals surface area contributed by atoms with Gasteiger partial charge in [-0.1, -0.05) is 42.5 Å². The third-order valence-corrected chi connectivity index (χ3v) is 4.04. The monoisotopic (exact) mass is 220 g/mol. The molecule has 17 heavy (non-hydrogen) atoms. The van der Waals surface area contributed by atoms with E-state index in [0.29, 0.717) is 18.1 Å². The molecule has 0 aromatic heterocycles. The molecule has 1 heteroatoms. The van der Waals surface area contributed by atoms with Crippen LogP contribution in [0.2, 0.25) is 0 Å². The van der Waals surface area contributed by atoms with Crippen molar-refractivity contribution < 1.29 is 4.79 Å². The lowest BCUT2D eigenvalue weighted by Crippen LogP contribution is -2.14. The van der Waals surface area contributed by atoms with Crippen LogP contribution < -0.4 is 0 Å². The number of rotatable bonds is 0. The summed E-state index contributed by atoms with van der Waals surface area (Å²) in [5, 5.41) is 0. The Morgan fingerprint density at radius 2 is 1.65 bits per heavy atom. The second kappa shape index (κ2) is 3.07. The van der Waals surface area contributed by atoms with Gasteiger partial charge in [0.25, 0.3) is 0 Å². The van der Waals surface area contributed by atoms with Gasteiger partial charge in [0.05, 0.1) is 0 Å². The maximum absolute atomic E-state index is 12.0. The summed E-state index contributed by atoms with van der Waals surface area (Å²) < 4.78 is 0. The molecule has 0 radical (unpaired) electrons. The molecule has 0 heterocycles. The molecule has 4 rings (SSSR count). The van der Waals surface area contributed by atoms with E-state index >= 15 is 0 Å². The van der Waals surface area contributed by atoms with E-state index in [2.05, 4.69) is 30.3 Å². The lowest BCUT2D eigenvalue weighted by molar-refractivity contribution is 0.0970. The molecule has 0 saturated heterocycles. The second-order valence-corrected chi connectivity index (χ2v) is 4.87. The molecule has 0 saturated carbocycles. The van der Waals surface area contributed by atoms with Crippen LogP contribution in [0.5, 0.6) is 0 Å². The van der Waals surface area contributed by atoms with Gasteiger partial charge in [0, 0.05) is 17.9 Å². The molecule has 0 bridgehead atoms. The minimum Gasteiger partial charge on any atom is -0.294 e. The van der Waals surface area contributed by atoms with Gasteiger partial charge in [-0.05, 0) is 28.7 Å². The van der Waals surface area contributed by atoms with Crippen LogP contribution in [0.25, 0.3) is 11.1 Å². The Morgan fingerprint density at radius 1 is 0.882 bits per heavy atom. The molecule has 0 aliphatic heterocycles. The standard InChI is InChI=1S/C16H12O/c17-15-9-8-13-11-5-2-1-4-10(11)12-6-3-7-14(15)16(12)13/h1-7,13H,8-9H2/t13-/m0/s1.